The fourth-order valence-corrected chi connectivity index (χ4v) is 5.50. The summed E-state index contributed by atoms with van der Waals surface area (Å²) in [6.07, 6.45) is 1.23. The molecule has 8 nitrogen and oxygen atoms in total. The third-order valence-electron chi connectivity index (χ3n) is 6.33. The highest BCUT2D eigenvalue weighted by Gasteiger charge is 2.33. The average molecular weight is 621 g/mol. The predicted molar refractivity (Wildman–Crippen MR) is 164 cm³/mol. The maximum Gasteiger partial charge on any atom is 0.244 e. The minimum absolute atomic E-state index is 0.0445. The molecule has 3 aromatic rings. The van der Waals surface area contributed by atoms with Gasteiger partial charge in [-0.2, -0.15) is 0 Å². The zero-order chi connectivity index (χ0) is 30.2. The van der Waals surface area contributed by atoms with Crippen molar-refractivity contribution < 1.29 is 22.7 Å². The lowest BCUT2D eigenvalue weighted by molar-refractivity contribution is -0.140. The lowest BCUT2D eigenvalue weighted by atomic mass is 10.0. The Morgan fingerprint density at radius 1 is 0.976 bits per heavy atom. The summed E-state index contributed by atoms with van der Waals surface area (Å²) in [7, 11) is -2.43. The maximum absolute atomic E-state index is 14.1. The fraction of sp³-hybridized carbons (Fsp3) is 0.333. The normalized spacial score (nSPS) is 12.1. The Hall–Kier alpha value is -3.27. The molecule has 0 radical (unpaired) electrons. The molecule has 41 heavy (non-hydrogen) atoms. The summed E-state index contributed by atoms with van der Waals surface area (Å²) in [6.45, 7) is 3.77. The summed E-state index contributed by atoms with van der Waals surface area (Å²) in [5, 5.41) is 3.69. The first-order chi connectivity index (χ1) is 19.4. The monoisotopic (exact) mass is 619 g/mol. The van der Waals surface area contributed by atoms with Crippen LogP contribution in [-0.4, -0.2) is 57.6 Å². The molecule has 0 bridgehead atoms. The van der Waals surface area contributed by atoms with Crippen LogP contribution in [0.4, 0.5) is 5.69 Å². The average Bonchev–Trinajstić information content (AvgIpc) is 2.93. The van der Waals surface area contributed by atoms with Crippen molar-refractivity contribution in [1.82, 2.24) is 10.2 Å². The van der Waals surface area contributed by atoms with Gasteiger partial charge in [0.2, 0.25) is 21.8 Å². The Morgan fingerprint density at radius 2 is 1.68 bits per heavy atom. The quantitative estimate of drug-likeness (QED) is 0.284. The number of nitrogens with one attached hydrogen (secondary N) is 1. The number of benzene rings is 3. The van der Waals surface area contributed by atoms with Crippen molar-refractivity contribution in [2.75, 3.05) is 30.8 Å². The summed E-state index contributed by atoms with van der Waals surface area (Å²) in [5.41, 5.74) is 1.66. The lowest BCUT2D eigenvalue weighted by Crippen LogP contribution is -2.53. The van der Waals surface area contributed by atoms with Crippen LogP contribution in [0.5, 0.6) is 5.75 Å². The third-order valence-corrected chi connectivity index (χ3v) is 8.06. The number of carbonyl (C=O) groups excluding carboxylic acids is 2. The van der Waals surface area contributed by atoms with E-state index in [0.717, 1.165) is 16.1 Å². The second-order valence-corrected chi connectivity index (χ2v) is 12.8. The first-order valence-electron chi connectivity index (χ1n) is 13.1. The van der Waals surface area contributed by atoms with Crippen molar-refractivity contribution in [3.05, 3.63) is 94.0 Å². The van der Waals surface area contributed by atoms with Crippen LogP contribution in [0, 0.1) is 5.92 Å². The van der Waals surface area contributed by atoms with Gasteiger partial charge >= 0.3 is 0 Å². The van der Waals surface area contributed by atoms with Crippen molar-refractivity contribution in [3.8, 4) is 5.75 Å². The molecule has 0 saturated heterocycles. The van der Waals surface area contributed by atoms with Crippen LogP contribution < -0.4 is 14.4 Å². The van der Waals surface area contributed by atoms with Gasteiger partial charge in [0, 0.05) is 35.6 Å². The predicted octanol–water partition coefficient (Wildman–Crippen LogP) is 5.18. The molecule has 3 aromatic carbocycles. The van der Waals surface area contributed by atoms with E-state index in [1.807, 2.05) is 44.2 Å². The molecule has 0 aliphatic rings. The van der Waals surface area contributed by atoms with Gasteiger partial charge in [0.15, 0.2) is 0 Å². The Balaban J connectivity index is 2.08. The van der Waals surface area contributed by atoms with Crippen molar-refractivity contribution in [2.24, 2.45) is 5.92 Å². The topological polar surface area (TPSA) is 96.0 Å². The number of halogens is 2. The number of hydrogen-bond donors (Lipinski definition) is 1. The van der Waals surface area contributed by atoms with Gasteiger partial charge in [0.25, 0.3) is 0 Å². The second-order valence-electron chi connectivity index (χ2n) is 10.1. The van der Waals surface area contributed by atoms with Crippen LogP contribution in [0.2, 0.25) is 10.0 Å². The molecule has 1 N–H and O–H groups in total. The number of amides is 2. The van der Waals surface area contributed by atoms with Crippen LogP contribution in [0.1, 0.15) is 25.0 Å². The molecule has 0 fully saturated rings. The summed E-state index contributed by atoms with van der Waals surface area (Å²) < 4.78 is 32.1. The minimum Gasteiger partial charge on any atom is -0.497 e. The number of anilines is 1. The van der Waals surface area contributed by atoms with Crippen LogP contribution in [-0.2, 0) is 32.6 Å². The molecule has 1 atom stereocenters. The zero-order valence-corrected chi connectivity index (χ0v) is 25.8. The van der Waals surface area contributed by atoms with Crippen LogP contribution in [0.15, 0.2) is 72.8 Å². The molecule has 2 amide bonds. The molecule has 0 spiro atoms. The Labute approximate surface area is 252 Å². The van der Waals surface area contributed by atoms with E-state index in [4.69, 9.17) is 27.9 Å². The summed E-state index contributed by atoms with van der Waals surface area (Å²) >= 11 is 12.6. The SMILES string of the molecule is COc1cccc(N(CC(=O)N(Cc2ccc(Cl)cc2Cl)C(Cc2ccccc2)C(=O)NCC(C)C)S(C)(=O)=O)c1. The number of nitrogens with zero attached hydrogens (tertiary/aromatic N) is 2. The van der Waals surface area contributed by atoms with Gasteiger partial charge in [-0.15, -0.1) is 0 Å². The summed E-state index contributed by atoms with van der Waals surface area (Å²) in [6, 6.07) is 19.7. The van der Waals surface area contributed by atoms with Crippen molar-refractivity contribution in [1.29, 1.82) is 0 Å². The fourth-order valence-electron chi connectivity index (χ4n) is 4.19. The van der Waals surface area contributed by atoms with Gasteiger partial charge in [-0.3, -0.25) is 13.9 Å². The van der Waals surface area contributed by atoms with Gasteiger partial charge in [-0.05, 0) is 41.3 Å². The molecule has 1 unspecified atom stereocenters. The Morgan fingerprint density at radius 3 is 2.29 bits per heavy atom. The lowest BCUT2D eigenvalue weighted by Gasteiger charge is -2.34. The van der Waals surface area contributed by atoms with Crippen molar-refractivity contribution in [2.45, 2.75) is 32.9 Å². The minimum atomic E-state index is -3.90. The molecule has 0 aliphatic heterocycles. The van der Waals surface area contributed by atoms with Gasteiger partial charge in [-0.25, -0.2) is 8.42 Å². The highest BCUT2D eigenvalue weighted by molar-refractivity contribution is 7.92. The first-order valence-corrected chi connectivity index (χ1v) is 15.7. The largest absolute Gasteiger partial charge is 0.497 e. The van der Waals surface area contributed by atoms with E-state index in [2.05, 4.69) is 5.32 Å². The molecular formula is C30H35Cl2N3O5S. The summed E-state index contributed by atoms with van der Waals surface area (Å²) in [4.78, 5) is 29.2. The molecule has 0 aliphatic carbocycles. The van der Waals surface area contributed by atoms with E-state index >= 15 is 0 Å². The van der Waals surface area contributed by atoms with Gasteiger partial charge in [0.05, 0.1) is 19.1 Å². The van der Waals surface area contributed by atoms with Crippen LogP contribution in [0.25, 0.3) is 0 Å². The van der Waals surface area contributed by atoms with Crippen LogP contribution >= 0.6 is 23.2 Å². The molecule has 220 valence electrons. The number of hydrogen-bond acceptors (Lipinski definition) is 5. The standard InChI is InChI=1S/C30H35Cl2N3O5S/c1-21(2)18-33-30(37)28(15-22-9-6-5-7-10-22)34(19-23-13-14-24(31)16-27(23)32)29(36)20-35(41(4,38)39)25-11-8-12-26(17-25)40-3/h5-14,16-17,21,28H,15,18-20H2,1-4H3,(H,33,37). The smallest absolute Gasteiger partial charge is 0.244 e. The van der Waals surface area contributed by atoms with E-state index in [1.54, 1.807) is 36.4 Å². The number of methoxy groups -OCH3 is 1. The van der Waals surface area contributed by atoms with E-state index < -0.39 is 28.5 Å². The van der Waals surface area contributed by atoms with Crippen LogP contribution in [0.3, 0.4) is 0 Å². The molecular weight excluding hydrogens is 585 g/mol. The highest BCUT2D eigenvalue weighted by atomic mass is 35.5. The van der Waals surface area contributed by atoms with Crippen molar-refractivity contribution >= 4 is 50.7 Å². The van der Waals surface area contributed by atoms with Crippen molar-refractivity contribution in [3.63, 3.8) is 0 Å². The third kappa shape index (κ3) is 9.38. The number of ether oxygens (including phenoxy) is 1. The van der Waals surface area contributed by atoms with Gasteiger partial charge in [-0.1, -0.05) is 79.5 Å². The Kier molecular flexibility index (Phi) is 11.5. The van der Waals surface area contributed by atoms with Gasteiger partial charge in [0.1, 0.15) is 18.3 Å². The number of rotatable bonds is 13. The Bertz CT molecular complexity index is 1450. The van der Waals surface area contributed by atoms with E-state index in [-0.39, 0.29) is 30.5 Å². The molecule has 0 aromatic heterocycles. The highest BCUT2D eigenvalue weighted by Crippen LogP contribution is 2.26. The summed E-state index contributed by atoms with van der Waals surface area (Å²) in [5.74, 6) is -0.318. The first kappa shape index (κ1) is 32.2. The number of carbonyl (C=O) groups is 2. The molecule has 0 heterocycles. The molecule has 11 heteroatoms. The van der Waals surface area contributed by atoms with Gasteiger partial charge < -0.3 is 15.0 Å². The van der Waals surface area contributed by atoms with E-state index in [9.17, 15) is 18.0 Å². The molecule has 3 rings (SSSR count). The van der Waals surface area contributed by atoms with E-state index in [1.165, 1.54) is 18.1 Å². The second kappa shape index (κ2) is 14.6. The zero-order valence-electron chi connectivity index (χ0n) is 23.5. The maximum atomic E-state index is 14.1. The number of sulfonamides is 1. The van der Waals surface area contributed by atoms with E-state index in [0.29, 0.717) is 27.9 Å². The molecule has 0 saturated carbocycles.